The predicted octanol–water partition coefficient (Wildman–Crippen LogP) is 4.09. The molecule has 9 nitrogen and oxygen atoms in total. The minimum Gasteiger partial charge on any atom is -0.462 e. The summed E-state index contributed by atoms with van der Waals surface area (Å²) in [5.41, 5.74) is 1.43. The number of ether oxygens (including phenoxy) is 2. The second kappa shape index (κ2) is 10.3. The van der Waals surface area contributed by atoms with E-state index >= 15 is 0 Å². The number of nitrogens with zero attached hydrogens (tertiary/aromatic N) is 2. The number of esters is 2. The van der Waals surface area contributed by atoms with Crippen LogP contribution in [0.1, 0.15) is 69.6 Å². The van der Waals surface area contributed by atoms with Crippen LogP contribution in [0.5, 0.6) is 0 Å². The highest BCUT2D eigenvalue weighted by atomic mass is 32.1. The van der Waals surface area contributed by atoms with Crippen molar-refractivity contribution in [2.24, 2.45) is 0 Å². The molecule has 1 aliphatic carbocycles. The van der Waals surface area contributed by atoms with Crippen LogP contribution in [0.4, 0.5) is 5.00 Å². The van der Waals surface area contributed by atoms with Crippen molar-refractivity contribution in [3.63, 3.8) is 0 Å². The molecule has 0 spiro atoms. The molecular formula is C24H27N3O6S2. The van der Waals surface area contributed by atoms with Gasteiger partial charge >= 0.3 is 11.9 Å². The van der Waals surface area contributed by atoms with Crippen LogP contribution in [0.2, 0.25) is 0 Å². The van der Waals surface area contributed by atoms with E-state index in [0.29, 0.717) is 31.2 Å². The topological polar surface area (TPSA) is 117 Å². The Morgan fingerprint density at radius 3 is 2.63 bits per heavy atom. The molecule has 186 valence electrons. The van der Waals surface area contributed by atoms with Gasteiger partial charge in [-0.25, -0.2) is 14.6 Å². The lowest BCUT2D eigenvalue weighted by molar-refractivity contribution is -0.116. The Morgan fingerprint density at radius 2 is 1.91 bits per heavy atom. The van der Waals surface area contributed by atoms with E-state index in [9.17, 15) is 19.2 Å². The molecule has 0 fully saturated rings. The molecule has 0 unspecified atom stereocenters. The summed E-state index contributed by atoms with van der Waals surface area (Å²) in [6.45, 7) is 6.87. The van der Waals surface area contributed by atoms with Crippen LogP contribution >= 0.6 is 22.7 Å². The first kappa shape index (κ1) is 25.1. The maximum Gasteiger partial charge on any atom is 0.348 e. The van der Waals surface area contributed by atoms with Crippen molar-refractivity contribution in [3.8, 4) is 0 Å². The number of anilines is 1. The summed E-state index contributed by atoms with van der Waals surface area (Å²) in [6, 6.07) is 0. The van der Waals surface area contributed by atoms with Gasteiger partial charge in [0.1, 0.15) is 21.3 Å². The summed E-state index contributed by atoms with van der Waals surface area (Å²) < 4.78 is 11.7. The standard InChI is InChI=1S/C24H27N3O6S2/c1-5-32-23(30)18-14-8-6-7-9-15(14)34-21(18)26-16(28)10-27-11-25-20-17(22(27)29)13(4)19(35-20)24(31)33-12(2)3/h11-12H,5-10H2,1-4H3,(H,26,28). The van der Waals surface area contributed by atoms with E-state index in [1.165, 1.54) is 22.2 Å². The molecule has 0 atom stereocenters. The number of hydrogen-bond donors (Lipinski definition) is 1. The fraction of sp³-hybridized carbons (Fsp3) is 0.458. The van der Waals surface area contributed by atoms with Crippen molar-refractivity contribution in [2.45, 2.75) is 66.0 Å². The molecule has 3 heterocycles. The second-order valence-electron chi connectivity index (χ2n) is 8.55. The number of rotatable bonds is 7. The number of nitrogens with one attached hydrogen (secondary N) is 1. The third kappa shape index (κ3) is 5.01. The van der Waals surface area contributed by atoms with Crippen LogP contribution in [-0.4, -0.2) is 40.1 Å². The average Bonchev–Trinajstić information content (AvgIpc) is 3.33. The lowest BCUT2D eigenvalue weighted by Gasteiger charge is -2.12. The van der Waals surface area contributed by atoms with Crippen molar-refractivity contribution in [2.75, 3.05) is 11.9 Å². The smallest absolute Gasteiger partial charge is 0.348 e. The van der Waals surface area contributed by atoms with Gasteiger partial charge in [0.25, 0.3) is 5.56 Å². The maximum atomic E-state index is 13.1. The van der Waals surface area contributed by atoms with Gasteiger partial charge in [0.15, 0.2) is 0 Å². The number of amides is 1. The van der Waals surface area contributed by atoms with Crippen LogP contribution in [0.3, 0.4) is 0 Å². The zero-order valence-corrected chi connectivity index (χ0v) is 21.7. The number of carbonyl (C=O) groups excluding carboxylic acids is 3. The Morgan fingerprint density at radius 1 is 1.17 bits per heavy atom. The molecule has 3 aromatic heterocycles. The van der Waals surface area contributed by atoms with Crippen molar-refractivity contribution < 1.29 is 23.9 Å². The Labute approximate surface area is 210 Å². The van der Waals surface area contributed by atoms with E-state index in [4.69, 9.17) is 9.47 Å². The summed E-state index contributed by atoms with van der Waals surface area (Å²) in [5.74, 6) is -1.40. The molecule has 1 N–H and O–H groups in total. The van der Waals surface area contributed by atoms with Crippen LogP contribution < -0.4 is 10.9 Å². The molecule has 11 heteroatoms. The van der Waals surface area contributed by atoms with Crippen LogP contribution in [0.25, 0.3) is 10.2 Å². The van der Waals surface area contributed by atoms with Gasteiger partial charge in [0.2, 0.25) is 5.91 Å². The van der Waals surface area contributed by atoms with Gasteiger partial charge in [-0.3, -0.25) is 14.2 Å². The minimum absolute atomic E-state index is 0.241. The SMILES string of the molecule is CCOC(=O)c1c(NC(=O)Cn2cnc3sc(C(=O)OC(C)C)c(C)c3c2=O)sc2c1CCCC2. The highest BCUT2D eigenvalue weighted by molar-refractivity contribution is 7.20. The molecule has 35 heavy (non-hydrogen) atoms. The van der Waals surface area contributed by atoms with Gasteiger partial charge in [-0.2, -0.15) is 0 Å². The van der Waals surface area contributed by atoms with Gasteiger partial charge in [0, 0.05) is 4.88 Å². The number of aryl methyl sites for hydroxylation is 2. The van der Waals surface area contributed by atoms with Crippen molar-refractivity contribution in [1.29, 1.82) is 0 Å². The van der Waals surface area contributed by atoms with Crippen molar-refractivity contribution in [1.82, 2.24) is 9.55 Å². The average molecular weight is 518 g/mol. The van der Waals surface area contributed by atoms with E-state index in [2.05, 4.69) is 10.3 Å². The molecule has 0 saturated carbocycles. The van der Waals surface area contributed by atoms with Gasteiger partial charge in [-0.15, -0.1) is 22.7 Å². The Hall–Kier alpha value is -3.05. The molecule has 0 saturated heterocycles. The zero-order chi connectivity index (χ0) is 25.3. The molecule has 0 aliphatic heterocycles. The van der Waals surface area contributed by atoms with Gasteiger partial charge in [0.05, 0.1) is 30.0 Å². The number of hydrogen-bond acceptors (Lipinski definition) is 9. The Bertz CT molecular complexity index is 1370. The monoisotopic (exact) mass is 517 g/mol. The highest BCUT2D eigenvalue weighted by Gasteiger charge is 2.27. The van der Waals surface area contributed by atoms with E-state index in [1.54, 1.807) is 27.7 Å². The number of aromatic nitrogens is 2. The molecule has 0 bridgehead atoms. The quantitative estimate of drug-likeness (QED) is 0.469. The van der Waals surface area contributed by atoms with Crippen molar-refractivity contribution >= 4 is 55.7 Å². The molecule has 4 rings (SSSR count). The van der Waals surface area contributed by atoms with E-state index in [0.717, 1.165) is 47.5 Å². The third-order valence-corrected chi connectivity index (χ3v) is 8.05. The normalized spacial score (nSPS) is 13.1. The minimum atomic E-state index is -0.502. The van der Waals surface area contributed by atoms with Gasteiger partial charge in [-0.1, -0.05) is 0 Å². The molecule has 1 aliphatic rings. The molecule has 3 aromatic rings. The highest BCUT2D eigenvalue weighted by Crippen LogP contribution is 2.38. The molecule has 1 amide bonds. The fourth-order valence-electron chi connectivity index (χ4n) is 4.13. The van der Waals surface area contributed by atoms with E-state index in [-0.39, 0.29) is 19.3 Å². The number of carbonyl (C=O) groups is 3. The lowest BCUT2D eigenvalue weighted by atomic mass is 9.95. The lowest BCUT2D eigenvalue weighted by Crippen LogP contribution is -2.28. The first-order valence-electron chi connectivity index (χ1n) is 11.5. The zero-order valence-electron chi connectivity index (χ0n) is 20.1. The Kier molecular flexibility index (Phi) is 7.36. The predicted molar refractivity (Wildman–Crippen MR) is 135 cm³/mol. The number of fused-ring (bicyclic) bond motifs is 2. The number of thiophene rings is 2. The van der Waals surface area contributed by atoms with Crippen molar-refractivity contribution in [3.05, 3.63) is 43.1 Å². The fourth-order valence-corrected chi connectivity index (χ4v) is 6.44. The Balaban J connectivity index is 1.60. The molecule has 0 aromatic carbocycles. The van der Waals surface area contributed by atoms with Crippen LogP contribution in [0.15, 0.2) is 11.1 Å². The van der Waals surface area contributed by atoms with Crippen LogP contribution in [-0.2, 0) is 33.7 Å². The summed E-state index contributed by atoms with van der Waals surface area (Å²) in [7, 11) is 0. The summed E-state index contributed by atoms with van der Waals surface area (Å²) in [6.07, 6.45) is 4.66. The summed E-state index contributed by atoms with van der Waals surface area (Å²) in [5, 5.41) is 3.55. The molecule has 0 radical (unpaired) electrons. The first-order valence-corrected chi connectivity index (χ1v) is 13.2. The largest absolute Gasteiger partial charge is 0.462 e. The maximum absolute atomic E-state index is 13.1. The summed E-state index contributed by atoms with van der Waals surface area (Å²) >= 11 is 2.48. The summed E-state index contributed by atoms with van der Waals surface area (Å²) in [4.78, 5) is 57.2. The van der Waals surface area contributed by atoms with Gasteiger partial charge < -0.3 is 14.8 Å². The molecular weight excluding hydrogens is 490 g/mol. The van der Waals surface area contributed by atoms with E-state index in [1.807, 2.05) is 0 Å². The third-order valence-electron chi connectivity index (χ3n) is 5.66. The second-order valence-corrected chi connectivity index (χ2v) is 10.7. The van der Waals surface area contributed by atoms with Gasteiger partial charge in [-0.05, 0) is 64.5 Å². The van der Waals surface area contributed by atoms with E-state index < -0.39 is 23.4 Å². The first-order chi connectivity index (χ1) is 16.7. The van der Waals surface area contributed by atoms with Crippen LogP contribution in [0, 0.1) is 6.92 Å².